The number of para-hydroxylation sites is 1. The first-order valence-electron chi connectivity index (χ1n) is 11.0. The summed E-state index contributed by atoms with van der Waals surface area (Å²) >= 11 is 0. The molecule has 0 bridgehead atoms. The first-order valence-corrected chi connectivity index (χ1v) is 11.0. The molecule has 2 N–H and O–H groups in total. The van der Waals surface area contributed by atoms with Crippen LogP contribution in [0.25, 0.3) is 22.2 Å². The first kappa shape index (κ1) is 23.7. The summed E-state index contributed by atoms with van der Waals surface area (Å²) in [5, 5.41) is 6.28. The number of nitrogens with zero attached hydrogens (tertiary/aromatic N) is 1. The van der Waals surface area contributed by atoms with Crippen molar-refractivity contribution < 1.29 is 23.8 Å². The molecule has 0 unspecified atom stereocenters. The molecule has 0 saturated heterocycles. The topological polar surface area (TPSA) is 98.8 Å². The lowest BCUT2D eigenvalue weighted by atomic mass is 10.0. The predicted octanol–water partition coefficient (Wildman–Crippen LogP) is 5.36. The summed E-state index contributed by atoms with van der Waals surface area (Å²) in [4.78, 5) is 30.0. The van der Waals surface area contributed by atoms with Gasteiger partial charge in [0.25, 0.3) is 5.91 Å². The number of methoxy groups -OCH3 is 2. The summed E-state index contributed by atoms with van der Waals surface area (Å²) in [6.07, 6.45) is -0.602. The molecule has 0 spiro atoms. The van der Waals surface area contributed by atoms with E-state index in [2.05, 4.69) is 10.6 Å². The van der Waals surface area contributed by atoms with Gasteiger partial charge in [0.1, 0.15) is 12.4 Å². The van der Waals surface area contributed by atoms with Crippen molar-refractivity contribution >= 4 is 34.3 Å². The third kappa shape index (κ3) is 5.93. The molecule has 4 aromatic rings. The lowest BCUT2D eigenvalue weighted by molar-refractivity contribution is 0.102. The van der Waals surface area contributed by atoms with E-state index in [-0.39, 0.29) is 12.5 Å². The van der Waals surface area contributed by atoms with Crippen LogP contribution >= 0.6 is 0 Å². The van der Waals surface area contributed by atoms with Crippen LogP contribution in [-0.4, -0.2) is 44.4 Å². The van der Waals surface area contributed by atoms with E-state index >= 15 is 0 Å². The Balaban J connectivity index is 1.58. The smallest absolute Gasteiger partial charge is 0.411 e. The monoisotopic (exact) mass is 471 g/mol. The zero-order chi connectivity index (χ0) is 24.6. The number of anilines is 2. The van der Waals surface area contributed by atoms with E-state index in [4.69, 9.17) is 19.2 Å². The van der Waals surface area contributed by atoms with Crippen molar-refractivity contribution in [2.24, 2.45) is 0 Å². The van der Waals surface area contributed by atoms with E-state index in [0.717, 1.165) is 16.7 Å². The molecule has 4 rings (SSSR count). The highest BCUT2D eigenvalue weighted by Gasteiger charge is 2.15. The average molecular weight is 472 g/mol. The van der Waals surface area contributed by atoms with Crippen LogP contribution in [0.1, 0.15) is 10.4 Å². The molecule has 0 atom stereocenters. The number of carbonyl (C=O) groups is 2. The average Bonchev–Trinajstić information content (AvgIpc) is 2.88. The summed E-state index contributed by atoms with van der Waals surface area (Å²) < 4.78 is 15.1. The fourth-order valence-electron chi connectivity index (χ4n) is 3.52. The highest BCUT2D eigenvalue weighted by atomic mass is 16.6. The molecule has 8 heteroatoms. The Morgan fingerprint density at radius 1 is 0.829 bits per heavy atom. The van der Waals surface area contributed by atoms with Crippen LogP contribution in [0.5, 0.6) is 5.75 Å². The first-order chi connectivity index (χ1) is 17.1. The second kappa shape index (κ2) is 11.1. The van der Waals surface area contributed by atoms with E-state index in [9.17, 15) is 9.59 Å². The normalized spacial score (nSPS) is 10.6. The van der Waals surface area contributed by atoms with Crippen molar-refractivity contribution in [2.45, 2.75) is 0 Å². The van der Waals surface area contributed by atoms with E-state index in [1.165, 1.54) is 7.11 Å². The van der Waals surface area contributed by atoms with E-state index < -0.39 is 6.09 Å². The summed E-state index contributed by atoms with van der Waals surface area (Å²) in [5.41, 5.74) is 3.74. The number of nitrogens with one attached hydrogen (secondary N) is 2. The zero-order valence-corrected chi connectivity index (χ0v) is 19.4. The summed E-state index contributed by atoms with van der Waals surface area (Å²) in [5.74, 6) is 0.446. The highest BCUT2D eigenvalue weighted by Crippen LogP contribution is 2.27. The molecule has 0 radical (unpaired) electrons. The third-order valence-corrected chi connectivity index (χ3v) is 5.23. The van der Waals surface area contributed by atoms with Crippen LogP contribution in [0, 0.1) is 0 Å². The molecule has 1 aromatic heterocycles. The number of ether oxygens (including phenoxy) is 3. The Morgan fingerprint density at radius 3 is 2.31 bits per heavy atom. The minimum atomic E-state index is -0.602. The van der Waals surface area contributed by atoms with Gasteiger partial charge in [0.2, 0.25) is 0 Å². The largest absolute Gasteiger partial charge is 0.497 e. The number of fused-ring (bicyclic) bond motifs is 1. The minimum absolute atomic E-state index is 0.143. The Hall–Kier alpha value is -4.43. The third-order valence-electron chi connectivity index (χ3n) is 5.23. The van der Waals surface area contributed by atoms with Gasteiger partial charge in [-0.1, -0.05) is 24.3 Å². The standard InChI is InChI=1S/C27H25N3O5/c1-33-14-15-35-27(32)29-20-7-5-6-19(16-20)28-26(31)23-17-25(18-10-12-21(34-2)13-11-18)30-24-9-4-3-8-22(23)24/h3-13,16-17H,14-15H2,1-2H3,(H,28,31)(H,29,32). The fourth-order valence-corrected chi connectivity index (χ4v) is 3.52. The Labute approximate surface area is 202 Å². The van der Waals surface area contributed by atoms with Crippen molar-refractivity contribution in [3.8, 4) is 17.0 Å². The van der Waals surface area contributed by atoms with Gasteiger partial charge in [0.05, 0.1) is 30.5 Å². The van der Waals surface area contributed by atoms with Crippen LogP contribution in [0.4, 0.5) is 16.2 Å². The van der Waals surface area contributed by atoms with E-state index in [1.54, 1.807) is 37.4 Å². The van der Waals surface area contributed by atoms with Crippen molar-refractivity contribution in [2.75, 3.05) is 38.1 Å². The van der Waals surface area contributed by atoms with Crippen LogP contribution in [0.15, 0.2) is 78.9 Å². The van der Waals surface area contributed by atoms with Crippen LogP contribution in [-0.2, 0) is 9.47 Å². The molecule has 0 aliphatic rings. The summed E-state index contributed by atoms with van der Waals surface area (Å²) in [6.45, 7) is 0.451. The van der Waals surface area contributed by atoms with Crippen molar-refractivity contribution in [3.63, 3.8) is 0 Å². The Morgan fingerprint density at radius 2 is 1.57 bits per heavy atom. The van der Waals surface area contributed by atoms with E-state index in [1.807, 2.05) is 48.5 Å². The highest BCUT2D eigenvalue weighted by molar-refractivity contribution is 6.13. The second-order valence-electron chi connectivity index (χ2n) is 7.59. The lowest BCUT2D eigenvalue weighted by Crippen LogP contribution is -2.17. The fraction of sp³-hybridized carbons (Fsp3) is 0.148. The Kier molecular flexibility index (Phi) is 7.54. The maximum Gasteiger partial charge on any atom is 0.411 e. The maximum absolute atomic E-state index is 13.3. The molecule has 0 fully saturated rings. The van der Waals surface area contributed by atoms with Gasteiger partial charge in [-0.3, -0.25) is 10.1 Å². The van der Waals surface area contributed by atoms with Gasteiger partial charge in [-0.25, -0.2) is 9.78 Å². The molecular weight excluding hydrogens is 446 g/mol. The van der Waals surface area contributed by atoms with Gasteiger partial charge in [-0.2, -0.15) is 0 Å². The number of rotatable bonds is 8. The predicted molar refractivity (Wildman–Crippen MR) is 135 cm³/mol. The number of carbonyl (C=O) groups excluding carboxylic acids is 2. The quantitative estimate of drug-likeness (QED) is 0.336. The van der Waals surface area contributed by atoms with Crippen molar-refractivity contribution in [1.82, 2.24) is 4.98 Å². The van der Waals surface area contributed by atoms with Crippen molar-refractivity contribution in [1.29, 1.82) is 0 Å². The van der Waals surface area contributed by atoms with Crippen molar-refractivity contribution in [3.05, 3.63) is 84.4 Å². The summed E-state index contributed by atoms with van der Waals surface area (Å²) in [6, 6.07) is 23.6. The zero-order valence-electron chi connectivity index (χ0n) is 19.4. The lowest BCUT2D eigenvalue weighted by Gasteiger charge is -2.12. The van der Waals surface area contributed by atoms with Crippen LogP contribution < -0.4 is 15.4 Å². The molecular formula is C27H25N3O5. The molecule has 0 aliphatic carbocycles. The second-order valence-corrected chi connectivity index (χ2v) is 7.59. The minimum Gasteiger partial charge on any atom is -0.497 e. The number of hydrogen-bond donors (Lipinski definition) is 2. The van der Waals surface area contributed by atoms with Gasteiger partial charge in [-0.15, -0.1) is 0 Å². The molecule has 178 valence electrons. The number of benzene rings is 3. The number of amides is 2. The molecule has 1 heterocycles. The maximum atomic E-state index is 13.3. The van der Waals surface area contributed by atoms with Gasteiger partial charge >= 0.3 is 6.09 Å². The SMILES string of the molecule is COCCOC(=O)Nc1cccc(NC(=O)c2cc(-c3ccc(OC)cc3)nc3ccccc23)c1. The van der Waals surface area contributed by atoms with Gasteiger partial charge < -0.3 is 19.5 Å². The van der Waals surface area contributed by atoms with Gasteiger partial charge in [0.15, 0.2) is 0 Å². The number of hydrogen-bond acceptors (Lipinski definition) is 6. The molecule has 2 amide bonds. The number of aromatic nitrogens is 1. The van der Waals surface area contributed by atoms with Gasteiger partial charge in [0, 0.05) is 29.4 Å². The summed E-state index contributed by atoms with van der Waals surface area (Å²) in [7, 11) is 3.14. The molecule has 8 nitrogen and oxygen atoms in total. The number of pyridine rings is 1. The molecule has 0 aliphatic heterocycles. The molecule has 3 aromatic carbocycles. The van der Waals surface area contributed by atoms with Gasteiger partial charge in [-0.05, 0) is 54.6 Å². The van der Waals surface area contributed by atoms with Crippen LogP contribution in [0.2, 0.25) is 0 Å². The molecule has 35 heavy (non-hydrogen) atoms. The molecule has 0 saturated carbocycles. The van der Waals surface area contributed by atoms with Crippen LogP contribution in [0.3, 0.4) is 0 Å². The van der Waals surface area contributed by atoms with E-state index in [0.29, 0.717) is 34.8 Å². The Bertz CT molecular complexity index is 1340.